The van der Waals surface area contributed by atoms with Crippen molar-refractivity contribution < 1.29 is 0 Å². The topological polar surface area (TPSA) is 64.9 Å². The lowest BCUT2D eigenvalue weighted by molar-refractivity contribution is 1.32. The molecular weight excluding hydrogens is 230 g/mol. The number of aromatic nitrogens is 1. The van der Waals surface area contributed by atoms with Gasteiger partial charge in [0.25, 0.3) is 0 Å². The SMILES string of the molecule is Nc1nc(Br)c2ccccc2c1N. The zero-order valence-electron chi connectivity index (χ0n) is 6.79. The van der Waals surface area contributed by atoms with Crippen LogP contribution in [0, 0.1) is 0 Å². The van der Waals surface area contributed by atoms with Crippen molar-refractivity contribution in [3.05, 3.63) is 28.9 Å². The minimum atomic E-state index is 0.366. The smallest absolute Gasteiger partial charge is 0.148 e. The summed E-state index contributed by atoms with van der Waals surface area (Å²) in [6.45, 7) is 0. The van der Waals surface area contributed by atoms with E-state index in [1.807, 2.05) is 24.3 Å². The number of fused-ring (bicyclic) bond motifs is 1. The van der Waals surface area contributed by atoms with Crippen molar-refractivity contribution in [2.45, 2.75) is 0 Å². The number of pyridine rings is 1. The molecule has 4 heteroatoms. The number of halogens is 1. The van der Waals surface area contributed by atoms with Gasteiger partial charge in [-0.2, -0.15) is 0 Å². The Bertz CT molecular complexity index is 468. The number of nitrogens with zero attached hydrogens (tertiary/aromatic N) is 1. The minimum absolute atomic E-state index is 0.366. The van der Waals surface area contributed by atoms with Crippen LogP contribution >= 0.6 is 15.9 Å². The average molecular weight is 238 g/mol. The average Bonchev–Trinajstić information content (AvgIpc) is 2.15. The van der Waals surface area contributed by atoms with Crippen molar-refractivity contribution in [1.82, 2.24) is 4.98 Å². The molecule has 0 bridgehead atoms. The van der Waals surface area contributed by atoms with Crippen LogP contribution in [0.25, 0.3) is 10.8 Å². The van der Waals surface area contributed by atoms with Gasteiger partial charge in [-0.15, -0.1) is 0 Å². The van der Waals surface area contributed by atoms with Crippen LogP contribution in [0.3, 0.4) is 0 Å². The monoisotopic (exact) mass is 237 g/mol. The van der Waals surface area contributed by atoms with E-state index in [0.29, 0.717) is 11.5 Å². The Morgan fingerprint density at radius 2 is 1.69 bits per heavy atom. The number of anilines is 2. The van der Waals surface area contributed by atoms with Crippen molar-refractivity contribution in [3.8, 4) is 0 Å². The van der Waals surface area contributed by atoms with E-state index in [1.165, 1.54) is 0 Å². The summed E-state index contributed by atoms with van der Waals surface area (Å²) in [7, 11) is 0. The second-order valence-corrected chi connectivity index (χ2v) is 3.50. The molecule has 3 nitrogen and oxygen atoms in total. The highest BCUT2D eigenvalue weighted by molar-refractivity contribution is 9.10. The molecule has 0 aliphatic carbocycles. The number of nitrogen functional groups attached to an aromatic ring is 2. The molecule has 0 aliphatic heterocycles. The van der Waals surface area contributed by atoms with E-state index in [4.69, 9.17) is 11.5 Å². The molecule has 0 saturated carbocycles. The highest BCUT2D eigenvalue weighted by Gasteiger charge is 2.06. The molecule has 13 heavy (non-hydrogen) atoms. The lowest BCUT2D eigenvalue weighted by atomic mass is 10.1. The van der Waals surface area contributed by atoms with Crippen LogP contribution < -0.4 is 11.5 Å². The standard InChI is InChI=1S/C9H8BrN3/c10-8-6-4-2-1-3-5(6)7(11)9(12)13-8/h1-4H,11H2,(H2,12,13). The fraction of sp³-hybridized carbons (Fsp3) is 0. The predicted molar refractivity (Wildman–Crippen MR) is 58.3 cm³/mol. The maximum absolute atomic E-state index is 5.78. The maximum atomic E-state index is 5.78. The Hall–Kier alpha value is -1.29. The van der Waals surface area contributed by atoms with Crippen molar-refractivity contribution in [1.29, 1.82) is 0 Å². The third kappa shape index (κ3) is 1.23. The van der Waals surface area contributed by atoms with Gasteiger partial charge in [0, 0.05) is 10.8 Å². The molecule has 66 valence electrons. The van der Waals surface area contributed by atoms with Gasteiger partial charge >= 0.3 is 0 Å². The third-order valence-corrected chi connectivity index (χ3v) is 2.54. The Morgan fingerprint density at radius 3 is 2.38 bits per heavy atom. The van der Waals surface area contributed by atoms with Gasteiger partial charge in [-0.3, -0.25) is 0 Å². The van der Waals surface area contributed by atoms with Crippen molar-refractivity contribution in [2.75, 3.05) is 11.5 Å². The van der Waals surface area contributed by atoms with Gasteiger partial charge < -0.3 is 11.5 Å². The summed E-state index contributed by atoms with van der Waals surface area (Å²) in [5.41, 5.74) is 11.9. The summed E-state index contributed by atoms with van der Waals surface area (Å²) < 4.78 is 0.731. The molecule has 0 amide bonds. The first-order chi connectivity index (χ1) is 6.20. The van der Waals surface area contributed by atoms with E-state index >= 15 is 0 Å². The summed E-state index contributed by atoms with van der Waals surface area (Å²) >= 11 is 3.34. The predicted octanol–water partition coefficient (Wildman–Crippen LogP) is 2.16. The molecule has 0 aliphatic rings. The second kappa shape index (κ2) is 2.88. The largest absolute Gasteiger partial charge is 0.395 e. The minimum Gasteiger partial charge on any atom is -0.395 e. The summed E-state index contributed by atoms with van der Waals surface area (Å²) in [4.78, 5) is 4.07. The molecule has 1 aromatic carbocycles. The molecule has 2 aromatic rings. The fourth-order valence-electron chi connectivity index (χ4n) is 1.26. The molecule has 0 radical (unpaired) electrons. The Balaban J connectivity index is 2.97. The van der Waals surface area contributed by atoms with Gasteiger partial charge in [0.15, 0.2) is 0 Å². The van der Waals surface area contributed by atoms with E-state index in [2.05, 4.69) is 20.9 Å². The zero-order valence-corrected chi connectivity index (χ0v) is 8.38. The number of rotatable bonds is 0. The normalized spacial score (nSPS) is 10.5. The van der Waals surface area contributed by atoms with Crippen LogP contribution in [0.2, 0.25) is 0 Å². The van der Waals surface area contributed by atoms with E-state index in [9.17, 15) is 0 Å². The molecule has 1 heterocycles. The lowest BCUT2D eigenvalue weighted by Crippen LogP contribution is -1.99. The van der Waals surface area contributed by atoms with Gasteiger partial charge in [0.05, 0.1) is 5.69 Å². The molecule has 1 aromatic heterocycles. The Morgan fingerprint density at radius 1 is 1.08 bits per heavy atom. The number of hydrogen-bond donors (Lipinski definition) is 2. The third-order valence-electron chi connectivity index (χ3n) is 1.93. The molecule has 2 rings (SSSR count). The first kappa shape index (κ1) is 8.31. The number of hydrogen-bond acceptors (Lipinski definition) is 3. The van der Waals surface area contributed by atoms with E-state index < -0.39 is 0 Å². The second-order valence-electron chi connectivity index (χ2n) is 2.75. The first-order valence-electron chi connectivity index (χ1n) is 3.79. The van der Waals surface area contributed by atoms with E-state index in [-0.39, 0.29) is 0 Å². The molecular formula is C9H8BrN3. The van der Waals surface area contributed by atoms with Crippen molar-refractivity contribution in [2.24, 2.45) is 0 Å². The van der Waals surface area contributed by atoms with E-state index in [0.717, 1.165) is 15.4 Å². The number of nitrogens with two attached hydrogens (primary N) is 2. The maximum Gasteiger partial charge on any atom is 0.148 e. The highest BCUT2D eigenvalue weighted by atomic mass is 79.9. The quantitative estimate of drug-likeness (QED) is 0.691. The van der Waals surface area contributed by atoms with Crippen molar-refractivity contribution in [3.63, 3.8) is 0 Å². The molecule has 0 unspecified atom stereocenters. The van der Waals surface area contributed by atoms with Crippen LogP contribution in [0.4, 0.5) is 11.5 Å². The highest BCUT2D eigenvalue weighted by Crippen LogP contribution is 2.29. The van der Waals surface area contributed by atoms with Gasteiger partial charge in [0.2, 0.25) is 0 Å². The van der Waals surface area contributed by atoms with Crippen LogP contribution in [-0.4, -0.2) is 4.98 Å². The number of benzene rings is 1. The van der Waals surface area contributed by atoms with Crippen LogP contribution in [0.1, 0.15) is 0 Å². The van der Waals surface area contributed by atoms with Gasteiger partial charge in [-0.25, -0.2) is 4.98 Å². The summed E-state index contributed by atoms with van der Waals surface area (Å²) in [5, 5.41) is 1.91. The van der Waals surface area contributed by atoms with Gasteiger partial charge in [-0.1, -0.05) is 24.3 Å². The van der Waals surface area contributed by atoms with Crippen LogP contribution in [0.5, 0.6) is 0 Å². The van der Waals surface area contributed by atoms with Gasteiger partial charge in [-0.05, 0) is 15.9 Å². The van der Waals surface area contributed by atoms with Gasteiger partial charge in [0.1, 0.15) is 10.4 Å². The summed E-state index contributed by atoms with van der Waals surface area (Å²) in [6.07, 6.45) is 0. The van der Waals surface area contributed by atoms with Crippen LogP contribution in [-0.2, 0) is 0 Å². The van der Waals surface area contributed by atoms with Crippen LogP contribution in [0.15, 0.2) is 28.9 Å². The lowest BCUT2D eigenvalue weighted by Gasteiger charge is -2.05. The molecule has 0 atom stereocenters. The van der Waals surface area contributed by atoms with E-state index in [1.54, 1.807) is 0 Å². The van der Waals surface area contributed by atoms with Crippen molar-refractivity contribution >= 4 is 38.2 Å². The molecule has 0 spiro atoms. The zero-order chi connectivity index (χ0) is 9.42. The first-order valence-corrected chi connectivity index (χ1v) is 4.58. The summed E-state index contributed by atoms with van der Waals surface area (Å²) in [5.74, 6) is 0.366. The molecule has 0 fully saturated rings. The fourth-order valence-corrected chi connectivity index (χ4v) is 1.80. The molecule has 0 saturated heterocycles. The Kier molecular flexibility index (Phi) is 1.84. The Labute approximate surface area is 83.9 Å². The summed E-state index contributed by atoms with van der Waals surface area (Å²) in [6, 6.07) is 7.73. The molecule has 4 N–H and O–H groups in total.